The van der Waals surface area contributed by atoms with Crippen LogP contribution in [0.4, 0.5) is 14.5 Å². The molecule has 226 valence electrons. The van der Waals surface area contributed by atoms with Gasteiger partial charge in [-0.05, 0) is 56.5 Å². The monoisotopic (exact) mass is 619 g/mol. The van der Waals surface area contributed by atoms with E-state index in [0.29, 0.717) is 10.6 Å². The zero-order chi connectivity index (χ0) is 31.1. The largest absolute Gasteiger partial charge is 0.350 e. The van der Waals surface area contributed by atoms with Crippen LogP contribution in [-0.2, 0) is 32.6 Å². The maximum atomic E-state index is 13.9. The van der Waals surface area contributed by atoms with Gasteiger partial charge in [-0.25, -0.2) is 17.2 Å². The normalized spacial score (nSPS) is 12.5. The summed E-state index contributed by atoms with van der Waals surface area (Å²) in [7, 11) is -3.87. The number of halogens is 3. The number of nitrogens with zero attached hydrogens (tertiary/aromatic N) is 2. The first-order valence-corrected chi connectivity index (χ1v) is 15.7. The fourth-order valence-electron chi connectivity index (χ4n) is 4.46. The van der Waals surface area contributed by atoms with Crippen LogP contribution < -0.4 is 9.62 Å². The van der Waals surface area contributed by atoms with Gasteiger partial charge in [-0.15, -0.1) is 0 Å². The van der Waals surface area contributed by atoms with Crippen molar-refractivity contribution in [3.8, 4) is 0 Å². The standard InChI is InChI=1S/C31H36ClF2N3O4S/c1-31(2,3)35-30(39)28(19-22-11-6-5-7-12-22)36(21-23-13-8-9-14-25(23)32)29(38)15-10-18-37(42(4,40)41)24-16-17-26(33)27(34)20-24/h5-9,11-14,16-17,20,28H,10,15,18-19,21H2,1-4H3,(H,35,39)/t28-/m0/s1. The summed E-state index contributed by atoms with van der Waals surface area (Å²) >= 11 is 6.44. The second-order valence-electron chi connectivity index (χ2n) is 11.1. The molecule has 0 aromatic heterocycles. The number of anilines is 1. The molecular weight excluding hydrogens is 584 g/mol. The van der Waals surface area contributed by atoms with Crippen LogP contribution in [0.1, 0.15) is 44.7 Å². The first-order chi connectivity index (χ1) is 19.7. The van der Waals surface area contributed by atoms with Gasteiger partial charge >= 0.3 is 0 Å². The lowest BCUT2D eigenvalue weighted by Crippen LogP contribution is -2.54. The first kappa shape index (κ1) is 33.0. The van der Waals surface area contributed by atoms with Gasteiger partial charge in [-0.2, -0.15) is 0 Å². The van der Waals surface area contributed by atoms with Gasteiger partial charge in [0.15, 0.2) is 11.6 Å². The predicted molar refractivity (Wildman–Crippen MR) is 162 cm³/mol. The molecule has 0 saturated carbocycles. The zero-order valence-electron chi connectivity index (χ0n) is 24.1. The average Bonchev–Trinajstić information content (AvgIpc) is 2.90. The minimum absolute atomic E-state index is 0.0481. The van der Waals surface area contributed by atoms with Crippen molar-refractivity contribution in [2.24, 2.45) is 0 Å². The molecule has 0 aliphatic carbocycles. The summed E-state index contributed by atoms with van der Waals surface area (Å²) in [5.41, 5.74) is 0.882. The topological polar surface area (TPSA) is 86.8 Å². The van der Waals surface area contributed by atoms with Crippen molar-refractivity contribution in [2.45, 2.75) is 58.2 Å². The van der Waals surface area contributed by atoms with Gasteiger partial charge in [-0.3, -0.25) is 13.9 Å². The molecule has 3 rings (SSSR count). The van der Waals surface area contributed by atoms with Gasteiger partial charge in [0.1, 0.15) is 6.04 Å². The Morgan fingerprint density at radius 3 is 2.19 bits per heavy atom. The van der Waals surface area contributed by atoms with Crippen molar-refractivity contribution < 1.29 is 26.8 Å². The van der Waals surface area contributed by atoms with Crippen molar-refractivity contribution >= 4 is 39.1 Å². The highest BCUT2D eigenvalue weighted by Crippen LogP contribution is 2.24. The Morgan fingerprint density at radius 2 is 1.60 bits per heavy atom. The molecule has 0 aliphatic heterocycles. The zero-order valence-corrected chi connectivity index (χ0v) is 25.7. The van der Waals surface area contributed by atoms with Crippen LogP contribution in [0.25, 0.3) is 0 Å². The Balaban J connectivity index is 1.92. The number of amides is 2. The maximum absolute atomic E-state index is 13.9. The molecule has 3 aromatic carbocycles. The lowest BCUT2D eigenvalue weighted by molar-refractivity contribution is -0.142. The summed E-state index contributed by atoms with van der Waals surface area (Å²) in [5.74, 6) is -3.02. The van der Waals surface area contributed by atoms with Gasteiger partial charge in [-0.1, -0.05) is 60.1 Å². The smallest absolute Gasteiger partial charge is 0.243 e. The number of nitrogens with one attached hydrogen (secondary N) is 1. The third kappa shape index (κ3) is 9.52. The quantitative estimate of drug-likeness (QED) is 0.281. The Bertz CT molecular complexity index is 1500. The van der Waals surface area contributed by atoms with E-state index in [2.05, 4.69) is 5.32 Å². The molecule has 0 bridgehead atoms. The Hall–Kier alpha value is -3.50. The lowest BCUT2D eigenvalue weighted by Gasteiger charge is -2.34. The number of rotatable bonds is 12. The number of hydrogen-bond acceptors (Lipinski definition) is 4. The van der Waals surface area contributed by atoms with E-state index in [9.17, 15) is 26.8 Å². The second-order valence-corrected chi connectivity index (χ2v) is 13.4. The molecule has 1 atom stereocenters. The number of sulfonamides is 1. The van der Waals surface area contributed by atoms with E-state index in [0.717, 1.165) is 34.3 Å². The Morgan fingerprint density at radius 1 is 0.952 bits per heavy atom. The SMILES string of the molecule is CC(C)(C)NC(=O)[C@H](Cc1ccccc1)N(Cc1ccccc1Cl)C(=O)CCCN(c1ccc(F)c(F)c1)S(C)(=O)=O. The van der Waals surface area contributed by atoms with Crippen molar-refractivity contribution in [1.29, 1.82) is 0 Å². The molecule has 1 N–H and O–H groups in total. The second kappa shape index (κ2) is 14.1. The van der Waals surface area contributed by atoms with E-state index in [1.165, 1.54) is 4.90 Å². The summed E-state index contributed by atoms with van der Waals surface area (Å²) in [6.07, 6.45) is 1.13. The van der Waals surface area contributed by atoms with Gasteiger partial charge in [0.25, 0.3) is 0 Å². The lowest BCUT2D eigenvalue weighted by atomic mass is 10.00. The fraction of sp³-hybridized carbons (Fsp3) is 0.355. The highest BCUT2D eigenvalue weighted by molar-refractivity contribution is 7.92. The molecule has 42 heavy (non-hydrogen) atoms. The van der Waals surface area contributed by atoms with E-state index >= 15 is 0 Å². The Kier molecular flexibility index (Phi) is 11.1. The van der Waals surface area contributed by atoms with Gasteiger partial charge in [0.2, 0.25) is 21.8 Å². The van der Waals surface area contributed by atoms with Gasteiger partial charge in [0, 0.05) is 42.6 Å². The number of hydrogen-bond donors (Lipinski definition) is 1. The summed E-state index contributed by atoms with van der Waals surface area (Å²) in [4.78, 5) is 29.0. The first-order valence-electron chi connectivity index (χ1n) is 13.5. The molecular formula is C31H36ClF2N3O4S. The minimum Gasteiger partial charge on any atom is -0.350 e. The molecule has 0 spiro atoms. The predicted octanol–water partition coefficient (Wildman–Crippen LogP) is 5.72. The molecule has 0 aliphatic rings. The van der Waals surface area contributed by atoms with Gasteiger partial charge < -0.3 is 10.2 Å². The van der Waals surface area contributed by atoms with Crippen LogP contribution in [0.2, 0.25) is 5.02 Å². The Labute approximate surface area is 251 Å². The van der Waals surface area contributed by atoms with Crippen molar-refractivity contribution in [2.75, 3.05) is 17.1 Å². The molecule has 0 saturated heterocycles. The highest BCUT2D eigenvalue weighted by Gasteiger charge is 2.32. The summed E-state index contributed by atoms with van der Waals surface area (Å²) in [5, 5.41) is 3.42. The van der Waals surface area contributed by atoms with E-state index in [1.54, 1.807) is 24.3 Å². The third-order valence-corrected chi connectivity index (χ3v) is 7.97. The van der Waals surface area contributed by atoms with Gasteiger partial charge in [0.05, 0.1) is 11.9 Å². The number of benzene rings is 3. The van der Waals surface area contributed by atoms with Crippen molar-refractivity contribution in [3.05, 3.63) is 101 Å². The van der Waals surface area contributed by atoms with Crippen LogP contribution in [0.15, 0.2) is 72.8 Å². The molecule has 11 heteroatoms. The molecule has 0 unspecified atom stereocenters. The summed E-state index contributed by atoms with van der Waals surface area (Å²) < 4.78 is 53.3. The van der Waals surface area contributed by atoms with Crippen molar-refractivity contribution in [1.82, 2.24) is 10.2 Å². The summed E-state index contributed by atoms with van der Waals surface area (Å²) in [6, 6.07) is 18.3. The molecule has 0 heterocycles. The summed E-state index contributed by atoms with van der Waals surface area (Å²) in [6.45, 7) is 5.44. The molecule has 2 amide bonds. The molecule has 0 radical (unpaired) electrons. The van der Waals surface area contributed by atoms with E-state index in [1.807, 2.05) is 51.1 Å². The molecule has 7 nitrogen and oxygen atoms in total. The number of carbonyl (C=O) groups excluding carboxylic acids is 2. The van der Waals surface area contributed by atoms with E-state index in [4.69, 9.17) is 11.6 Å². The van der Waals surface area contributed by atoms with Crippen LogP contribution in [0.3, 0.4) is 0 Å². The van der Waals surface area contributed by atoms with E-state index in [-0.39, 0.29) is 43.9 Å². The third-order valence-electron chi connectivity index (χ3n) is 6.41. The molecule has 3 aromatic rings. The molecule has 0 fully saturated rings. The van der Waals surface area contributed by atoms with Crippen LogP contribution >= 0.6 is 11.6 Å². The van der Waals surface area contributed by atoms with Crippen LogP contribution in [0, 0.1) is 11.6 Å². The average molecular weight is 620 g/mol. The van der Waals surface area contributed by atoms with Crippen LogP contribution in [0.5, 0.6) is 0 Å². The fourth-order valence-corrected chi connectivity index (χ4v) is 5.61. The highest BCUT2D eigenvalue weighted by atomic mass is 35.5. The van der Waals surface area contributed by atoms with E-state index < -0.39 is 39.1 Å². The minimum atomic E-state index is -3.87. The maximum Gasteiger partial charge on any atom is 0.243 e. The number of carbonyl (C=O) groups is 2. The van der Waals surface area contributed by atoms with Crippen LogP contribution in [-0.4, -0.2) is 49.5 Å². The van der Waals surface area contributed by atoms with Crippen molar-refractivity contribution in [3.63, 3.8) is 0 Å².